The van der Waals surface area contributed by atoms with E-state index in [9.17, 15) is 4.79 Å². The highest BCUT2D eigenvalue weighted by molar-refractivity contribution is 9.10. The van der Waals surface area contributed by atoms with Crippen LogP contribution in [-0.2, 0) is 0 Å². The summed E-state index contributed by atoms with van der Waals surface area (Å²) in [6.07, 6.45) is 1.04. The zero-order valence-corrected chi connectivity index (χ0v) is 12.5. The molecule has 0 aromatic heterocycles. The predicted octanol–water partition coefficient (Wildman–Crippen LogP) is 3.88. The highest BCUT2D eigenvalue weighted by atomic mass is 79.9. The first-order chi connectivity index (χ1) is 7.91. The van der Waals surface area contributed by atoms with E-state index < -0.39 is 0 Å². The third kappa shape index (κ3) is 4.15. The van der Waals surface area contributed by atoms with Crippen LogP contribution in [-0.4, -0.2) is 24.4 Å². The Kier molecular flexibility index (Phi) is 5.19. The predicted molar refractivity (Wildman–Crippen MR) is 75.3 cm³/mol. The largest absolute Gasteiger partial charge is 0.342 e. The van der Waals surface area contributed by atoms with Crippen LogP contribution in [0.15, 0.2) is 22.7 Å². The molecule has 0 fully saturated rings. The number of amides is 1. The van der Waals surface area contributed by atoms with Gasteiger partial charge in [0.1, 0.15) is 0 Å². The molecule has 0 aliphatic rings. The van der Waals surface area contributed by atoms with Gasteiger partial charge < -0.3 is 4.90 Å². The van der Waals surface area contributed by atoms with Gasteiger partial charge >= 0.3 is 0 Å². The summed E-state index contributed by atoms with van der Waals surface area (Å²) in [5.41, 5.74) is 1.81. The van der Waals surface area contributed by atoms with Crippen molar-refractivity contribution < 1.29 is 4.79 Å². The van der Waals surface area contributed by atoms with Crippen molar-refractivity contribution in [3.05, 3.63) is 33.8 Å². The quantitative estimate of drug-likeness (QED) is 0.826. The van der Waals surface area contributed by atoms with Crippen LogP contribution in [0.3, 0.4) is 0 Å². The molecule has 1 amide bonds. The molecule has 0 saturated carbocycles. The van der Waals surface area contributed by atoms with E-state index >= 15 is 0 Å². The Hall–Kier alpha value is -0.830. The Morgan fingerprint density at radius 3 is 2.65 bits per heavy atom. The first-order valence-electron chi connectivity index (χ1n) is 5.93. The van der Waals surface area contributed by atoms with Gasteiger partial charge in [-0.3, -0.25) is 4.79 Å². The molecule has 0 radical (unpaired) electrons. The van der Waals surface area contributed by atoms with Crippen LogP contribution in [0.25, 0.3) is 0 Å². The second-order valence-corrected chi connectivity index (χ2v) is 5.78. The molecule has 0 atom stereocenters. The average molecular weight is 298 g/mol. The summed E-state index contributed by atoms with van der Waals surface area (Å²) in [4.78, 5) is 14.0. The molecule has 1 aromatic rings. The van der Waals surface area contributed by atoms with Crippen molar-refractivity contribution in [1.82, 2.24) is 4.90 Å². The monoisotopic (exact) mass is 297 g/mol. The summed E-state index contributed by atoms with van der Waals surface area (Å²) in [7, 11) is 1.87. The number of hydrogen-bond donors (Lipinski definition) is 0. The van der Waals surface area contributed by atoms with Crippen molar-refractivity contribution in [2.45, 2.75) is 27.2 Å². The van der Waals surface area contributed by atoms with E-state index in [2.05, 4.69) is 29.8 Å². The molecule has 94 valence electrons. The molecular weight excluding hydrogens is 278 g/mol. The van der Waals surface area contributed by atoms with E-state index in [4.69, 9.17) is 0 Å². The fourth-order valence-corrected chi connectivity index (χ4v) is 1.94. The van der Waals surface area contributed by atoms with Crippen molar-refractivity contribution in [1.29, 1.82) is 0 Å². The third-order valence-electron chi connectivity index (χ3n) is 2.82. The van der Waals surface area contributed by atoms with Crippen LogP contribution in [0.5, 0.6) is 0 Å². The average Bonchev–Trinajstić information content (AvgIpc) is 2.28. The fourth-order valence-electron chi connectivity index (χ4n) is 1.58. The number of hydrogen-bond acceptors (Lipinski definition) is 1. The maximum absolute atomic E-state index is 12.2. The van der Waals surface area contributed by atoms with E-state index in [1.165, 1.54) is 0 Å². The minimum Gasteiger partial charge on any atom is -0.342 e. The fraction of sp³-hybridized carbons (Fsp3) is 0.500. The lowest BCUT2D eigenvalue weighted by molar-refractivity contribution is 0.0788. The van der Waals surface area contributed by atoms with Crippen LogP contribution < -0.4 is 0 Å². The van der Waals surface area contributed by atoms with Gasteiger partial charge in [-0.25, -0.2) is 0 Å². The number of carbonyl (C=O) groups is 1. The highest BCUT2D eigenvalue weighted by Crippen LogP contribution is 2.17. The zero-order chi connectivity index (χ0) is 13.0. The molecule has 1 rings (SSSR count). The summed E-state index contributed by atoms with van der Waals surface area (Å²) in [6.45, 7) is 7.11. The van der Waals surface area contributed by atoms with Gasteiger partial charge in [-0.05, 0) is 37.0 Å². The number of rotatable bonds is 4. The van der Waals surface area contributed by atoms with Crippen LogP contribution in [0.1, 0.15) is 36.2 Å². The lowest BCUT2D eigenvalue weighted by Gasteiger charge is -2.19. The number of benzene rings is 1. The van der Waals surface area contributed by atoms with Crippen LogP contribution >= 0.6 is 15.9 Å². The van der Waals surface area contributed by atoms with Crippen molar-refractivity contribution in [2.75, 3.05) is 13.6 Å². The molecule has 0 heterocycles. The summed E-state index contributed by atoms with van der Waals surface area (Å²) in [6, 6.07) is 5.82. The van der Waals surface area contributed by atoms with Gasteiger partial charge in [0.2, 0.25) is 0 Å². The van der Waals surface area contributed by atoms with Gasteiger partial charge in [0, 0.05) is 23.6 Å². The van der Waals surface area contributed by atoms with Crippen molar-refractivity contribution >= 4 is 21.8 Å². The van der Waals surface area contributed by atoms with Gasteiger partial charge in [-0.2, -0.15) is 0 Å². The van der Waals surface area contributed by atoms with E-state index in [1.807, 2.05) is 32.2 Å². The smallest absolute Gasteiger partial charge is 0.253 e. The lowest BCUT2D eigenvalue weighted by Crippen LogP contribution is -2.29. The molecule has 1 aromatic carbocycles. The van der Waals surface area contributed by atoms with E-state index in [0.29, 0.717) is 5.92 Å². The summed E-state index contributed by atoms with van der Waals surface area (Å²) in [5, 5.41) is 0. The first-order valence-corrected chi connectivity index (χ1v) is 6.72. The normalized spacial score (nSPS) is 10.7. The van der Waals surface area contributed by atoms with Crippen molar-refractivity contribution in [2.24, 2.45) is 5.92 Å². The van der Waals surface area contributed by atoms with Crippen LogP contribution in [0.2, 0.25) is 0 Å². The van der Waals surface area contributed by atoms with Crippen molar-refractivity contribution in [3.63, 3.8) is 0 Å². The molecule has 17 heavy (non-hydrogen) atoms. The number of aryl methyl sites for hydroxylation is 1. The van der Waals surface area contributed by atoms with Gasteiger partial charge in [-0.15, -0.1) is 0 Å². The molecule has 3 heteroatoms. The topological polar surface area (TPSA) is 20.3 Å². The highest BCUT2D eigenvalue weighted by Gasteiger charge is 2.14. The Bertz CT molecular complexity index is 401. The van der Waals surface area contributed by atoms with Gasteiger partial charge in [0.15, 0.2) is 0 Å². The minimum atomic E-state index is 0.101. The molecule has 0 saturated heterocycles. The lowest BCUT2D eigenvalue weighted by atomic mass is 10.1. The summed E-state index contributed by atoms with van der Waals surface area (Å²) >= 11 is 3.41. The number of carbonyl (C=O) groups excluding carboxylic acids is 1. The Labute approximate surface area is 112 Å². The van der Waals surface area contributed by atoms with E-state index in [-0.39, 0.29) is 5.91 Å². The molecule has 0 spiro atoms. The SMILES string of the molecule is Cc1ccc(Br)cc1C(=O)N(C)CCC(C)C. The minimum absolute atomic E-state index is 0.101. The van der Waals surface area contributed by atoms with E-state index in [0.717, 1.165) is 28.6 Å². The standard InChI is InChI=1S/C14H20BrNO/c1-10(2)7-8-16(4)14(17)13-9-12(15)6-5-11(13)3/h5-6,9-10H,7-8H2,1-4H3. The maximum atomic E-state index is 12.2. The number of halogens is 1. The van der Waals surface area contributed by atoms with Gasteiger partial charge in [0.25, 0.3) is 5.91 Å². The van der Waals surface area contributed by atoms with Crippen molar-refractivity contribution in [3.8, 4) is 0 Å². The van der Waals surface area contributed by atoms with E-state index in [1.54, 1.807) is 4.90 Å². The molecule has 0 unspecified atom stereocenters. The van der Waals surface area contributed by atoms with Crippen LogP contribution in [0.4, 0.5) is 0 Å². The van der Waals surface area contributed by atoms with Crippen LogP contribution in [0, 0.1) is 12.8 Å². The molecule has 0 aliphatic carbocycles. The number of nitrogens with zero attached hydrogens (tertiary/aromatic N) is 1. The maximum Gasteiger partial charge on any atom is 0.253 e. The molecular formula is C14H20BrNO. The third-order valence-corrected chi connectivity index (χ3v) is 3.31. The van der Waals surface area contributed by atoms with Gasteiger partial charge in [0.05, 0.1) is 0 Å². The molecule has 0 aliphatic heterocycles. The first kappa shape index (κ1) is 14.2. The van der Waals surface area contributed by atoms with Gasteiger partial charge in [-0.1, -0.05) is 35.8 Å². The Morgan fingerprint density at radius 1 is 1.41 bits per heavy atom. The molecule has 0 N–H and O–H groups in total. The summed E-state index contributed by atoms with van der Waals surface area (Å²) in [5.74, 6) is 0.721. The summed E-state index contributed by atoms with van der Waals surface area (Å²) < 4.78 is 0.948. The Morgan fingerprint density at radius 2 is 2.06 bits per heavy atom. The zero-order valence-electron chi connectivity index (χ0n) is 11.0. The second kappa shape index (κ2) is 6.20. The Balaban J connectivity index is 2.78. The molecule has 2 nitrogen and oxygen atoms in total. The molecule has 0 bridgehead atoms. The second-order valence-electron chi connectivity index (χ2n) is 4.87.